The molecule has 6 nitrogen and oxygen atoms in total. The molecule has 4 rings (SSSR count). The fraction of sp³-hybridized carbons (Fsp3) is 0.481. The van der Waals surface area contributed by atoms with E-state index in [0.717, 1.165) is 30.2 Å². The van der Waals surface area contributed by atoms with Crippen LogP contribution in [-0.4, -0.2) is 43.4 Å². The minimum atomic E-state index is -5.14. The maximum Gasteiger partial charge on any atom is 0.416 e. The minimum absolute atomic E-state index is 0.0312. The average molecular weight is 612 g/mol. The quantitative estimate of drug-likeness (QED) is 0.312. The summed E-state index contributed by atoms with van der Waals surface area (Å²) in [6.07, 6.45) is -15.8. The van der Waals surface area contributed by atoms with Crippen LogP contribution < -0.4 is 4.90 Å². The third-order valence-electron chi connectivity index (χ3n) is 7.16. The van der Waals surface area contributed by atoms with Crippen LogP contribution in [0.1, 0.15) is 53.5 Å². The van der Waals surface area contributed by atoms with Crippen LogP contribution in [-0.2, 0) is 34.5 Å². The maximum atomic E-state index is 13.7. The number of nitrogens with zero attached hydrogens (tertiary/aromatic N) is 2. The predicted molar refractivity (Wildman–Crippen MR) is 129 cm³/mol. The summed E-state index contributed by atoms with van der Waals surface area (Å²) in [6, 6.07) is 2.79. The van der Waals surface area contributed by atoms with E-state index in [1.165, 1.54) is 11.8 Å². The molecule has 0 N–H and O–H groups in total. The number of carbonyl (C=O) groups is 2. The van der Waals surface area contributed by atoms with Gasteiger partial charge in [-0.25, -0.2) is 9.59 Å². The SMILES string of the molecule is CCOC(=O)N1c2ccc(C(F)(F)F)cc2[C@@H](CN(Cc2cc(C(F)(F)F)cc(C(F)(F)F)c2)C(=O)OC)[C@H]1C1CC1. The molecule has 1 aliphatic heterocycles. The van der Waals surface area contributed by atoms with Gasteiger partial charge in [-0.3, -0.25) is 4.90 Å². The average Bonchev–Trinajstić information content (AvgIpc) is 3.68. The smallest absolute Gasteiger partial charge is 0.416 e. The van der Waals surface area contributed by atoms with Crippen molar-refractivity contribution in [3.8, 4) is 0 Å². The van der Waals surface area contributed by atoms with Crippen LogP contribution in [0.2, 0.25) is 0 Å². The van der Waals surface area contributed by atoms with Crippen molar-refractivity contribution in [3.63, 3.8) is 0 Å². The lowest BCUT2D eigenvalue weighted by Gasteiger charge is -2.31. The van der Waals surface area contributed by atoms with E-state index in [9.17, 15) is 49.1 Å². The number of rotatable bonds is 6. The molecule has 42 heavy (non-hydrogen) atoms. The number of benzene rings is 2. The van der Waals surface area contributed by atoms with Crippen LogP contribution in [0.15, 0.2) is 36.4 Å². The van der Waals surface area contributed by atoms with Crippen molar-refractivity contribution in [2.45, 2.75) is 56.8 Å². The van der Waals surface area contributed by atoms with E-state index in [0.29, 0.717) is 25.0 Å². The van der Waals surface area contributed by atoms with Crippen molar-refractivity contribution in [1.82, 2.24) is 4.90 Å². The van der Waals surface area contributed by atoms with Gasteiger partial charge >= 0.3 is 30.7 Å². The third kappa shape index (κ3) is 6.54. The van der Waals surface area contributed by atoms with E-state index in [1.807, 2.05) is 0 Å². The van der Waals surface area contributed by atoms with Gasteiger partial charge in [-0.1, -0.05) is 0 Å². The number of anilines is 1. The van der Waals surface area contributed by atoms with E-state index in [4.69, 9.17) is 9.47 Å². The van der Waals surface area contributed by atoms with Crippen molar-refractivity contribution in [3.05, 3.63) is 64.2 Å². The molecule has 230 valence electrons. The lowest BCUT2D eigenvalue weighted by Crippen LogP contribution is -2.44. The Hall–Kier alpha value is -3.65. The number of hydrogen-bond donors (Lipinski definition) is 0. The summed E-state index contributed by atoms with van der Waals surface area (Å²) >= 11 is 0. The second kappa shape index (κ2) is 11.2. The highest BCUT2D eigenvalue weighted by Gasteiger charge is 2.51. The van der Waals surface area contributed by atoms with Crippen LogP contribution >= 0.6 is 0 Å². The summed E-state index contributed by atoms with van der Waals surface area (Å²) in [5.41, 5.74) is -4.63. The molecule has 1 aliphatic carbocycles. The Morgan fingerprint density at radius 3 is 1.93 bits per heavy atom. The van der Waals surface area contributed by atoms with Gasteiger partial charge in [-0.15, -0.1) is 0 Å². The molecule has 1 saturated carbocycles. The summed E-state index contributed by atoms with van der Waals surface area (Å²) in [7, 11) is 0.941. The van der Waals surface area contributed by atoms with Crippen LogP contribution in [0, 0.1) is 5.92 Å². The fourth-order valence-electron chi connectivity index (χ4n) is 5.27. The molecule has 0 spiro atoms. The molecule has 15 heteroatoms. The predicted octanol–water partition coefficient (Wildman–Crippen LogP) is 7.85. The van der Waals surface area contributed by atoms with Crippen LogP contribution in [0.25, 0.3) is 0 Å². The molecular weight excluding hydrogens is 587 g/mol. The minimum Gasteiger partial charge on any atom is -0.453 e. The first-order valence-corrected chi connectivity index (χ1v) is 12.7. The molecule has 2 aliphatic rings. The number of alkyl halides is 9. The zero-order valence-corrected chi connectivity index (χ0v) is 22.2. The number of amides is 2. The Morgan fingerprint density at radius 1 is 0.881 bits per heavy atom. The normalized spacial score (nSPS) is 19.0. The van der Waals surface area contributed by atoms with Crippen molar-refractivity contribution in [2.24, 2.45) is 5.92 Å². The number of methoxy groups -OCH3 is 1. The molecule has 2 aromatic rings. The topological polar surface area (TPSA) is 59.1 Å². The lowest BCUT2D eigenvalue weighted by atomic mass is 9.90. The summed E-state index contributed by atoms with van der Waals surface area (Å²) in [4.78, 5) is 27.8. The van der Waals surface area contributed by atoms with Gasteiger partial charge in [0, 0.05) is 19.0 Å². The second-order valence-electron chi connectivity index (χ2n) is 10.0. The number of hydrogen-bond acceptors (Lipinski definition) is 4. The number of fused-ring (bicyclic) bond motifs is 1. The lowest BCUT2D eigenvalue weighted by molar-refractivity contribution is -0.143. The first-order valence-electron chi connectivity index (χ1n) is 12.7. The van der Waals surface area contributed by atoms with Crippen LogP contribution in [0.3, 0.4) is 0 Å². The van der Waals surface area contributed by atoms with Crippen molar-refractivity contribution >= 4 is 17.9 Å². The van der Waals surface area contributed by atoms with Gasteiger partial charge in [0.2, 0.25) is 0 Å². The van der Waals surface area contributed by atoms with Gasteiger partial charge < -0.3 is 14.4 Å². The van der Waals surface area contributed by atoms with Gasteiger partial charge in [-0.05, 0) is 73.2 Å². The fourth-order valence-corrected chi connectivity index (χ4v) is 5.27. The Labute approximate surface area is 234 Å². The molecule has 2 aromatic carbocycles. The third-order valence-corrected chi connectivity index (χ3v) is 7.16. The zero-order valence-electron chi connectivity index (χ0n) is 22.2. The molecule has 0 aromatic heterocycles. The Balaban J connectivity index is 1.79. The summed E-state index contributed by atoms with van der Waals surface area (Å²) in [5, 5.41) is 0. The molecule has 0 unspecified atom stereocenters. The van der Waals surface area contributed by atoms with E-state index in [2.05, 4.69) is 0 Å². The monoisotopic (exact) mass is 612 g/mol. The first kappa shape index (κ1) is 31.3. The van der Waals surface area contributed by atoms with E-state index < -0.39 is 78.0 Å². The largest absolute Gasteiger partial charge is 0.453 e. The first-order chi connectivity index (χ1) is 19.5. The molecule has 0 bridgehead atoms. The molecule has 1 fully saturated rings. The summed E-state index contributed by atoms with van der Waals surface area (Å²) in [6.45, 7) is 0.226. The number of carbonyl (C=O) groups excluding carboxylic acids is 2. The molecule has 0 radical (unpaired) electrons. The Kier molecular flexibility index (Phi) is 8.35. The molecule has 2 amide bonds. The van der Waals surface area contributed by atoms with Gasteiger partial charge in [0.1, 0.15) is 0 Å². The number of halogens is 9. The Bertz CT molecular complexity index is 1300. The van der Waals surface area contributed by atoms with Gasteiger partial charge in [-0.2, -0.15) is 39.5 Å². The van der Waals surface area contributed by atoms with Gasteiger partial charge in [0.05, 0.1) is 42.1 Å². The molecule has 2 atom stereocenters. The number of ether oxygens (including phenoxy) is 2. The molecule has 1 heterocycles. The summed E-state index contributed by atoms with van der Waals surface area (Å²) in [5.74, 6) is -1.20. The van der Waals surface area contributed by atoms with Gasteiger partial charge in [0.15, 0.2) is 0 Å². The van der Waals surface area contributed by atoms with Crippen LogP contribution in [0.5, 0.6) is 0 Å². The maximum absolute atomic E-state index is 13.7. The van der Waals surface area contributed by atoms with Crippen LogP contribution in [0.4, 0.5) is 54.8 Å². The Morgan fingerprint density at radius 2 is 1.45 bits per heavy atom. The van der Waals surface area contributed by atoms with Crippen molar-refractivity contribution < 1.29 is 58.6 Å². The van der Waals surface area contributed by atoms with E-state index >= 15 is 0 Å². The summed E-state index contributed by atoms with van der Waals surface area (Å²) < 4.78 is 131. The standard InChI is InChI=1S/C27H25F9N2O4/c1-3-42-24(40)38-21-7-6-16(25(28,29)30)11-19(21)20(22(38)15-4-5-15)13-37(23(39)41-2)12-14-8-17(26(31,32)33)10-18(9-14)27(34,35)36/h6-11,15,20,22H,3-5,12-13H2,1-2H3/t20-,22-/m1/s1. The highest BCUT2D eigenvalue weighted by molar-refractivity contribution is 5.92. The molecular formula is C27H25F9N2O4. The van der Waals surface area contributed by atoms with Crippen molar-refractivity contribution in [2.75, 3.05) is 25.2 Å². The highest BCUT2D eigenvalue weighted by Crippen LogP contribution is 2.52. The molecule has 0 saturated heterocycles. The van der Waals surface area contributed by atoms with E-state index in [1.54, 1.807) is 0 Å². The van der Waals surface area contributed by atoms with E-state index in [-0.39, 0.29) is 29.8 Å². The highest BCUT2D eigenvalue weighted by atomic mass is 19.4. The zero-order chi connectivity index (χ0) is 31.2. The van der Waals surface area contributed by atoms with Gasteiger partial charge in [0.25, 0.3) is 0 Å². The van der Waals surface area contributed by atoms with Crippen molar-refractivity contribution in [1.29, 1.82) is 0 Å². The second-order valence-corrected chi connectivity index (χ2v) is 10.0.